The fraction of sp³-hybridized carbons (Fsp3) is 0.857. The third kappa shape index (κ3) is 4.12. The lowest BCUT2D eigenvalue weighted by Gasteiger charge is -2.26. The van der Waals surface area contributed by atoms with Crippen LogP contribution in [0.4, 0.5) is 13.2 Å². The number of alkyl halides is 3. The normalized spacial score (nSPS) is 18.1. The molecule has 1 N–H and O–H groups in total. The maximum atomic E-state index is 11.6. The minimum Gasteiger partial charge on any atom is -0.377 e. The molecule has 0 radical (unpaired) electrons. The van der Waals surface area contributed by atoms with Gasteiger partial charge >= 0.3 is 6.18 Å². The first-order valence-corrected chi connectivity index (χ1v) is 3.91. The van der Waals surface area contributed by atoms with E-state index in [0.717, 1.165) is 0 Å². The van der Waals surface area contributed by atoms with E-state index in [1.54, 1.807) is 0 Å². The molecule has 0 spiro atoms. The molecule has 76 valence electrons. The van der Waals surface area contributed by atoms with Gasteiger partial charge in [0, 0.05) is 6.42 Å². The summed E-state index contributed by atoms with van der Waals surface area (Å²) in [4.78, 5) is 10.8. The van der Waals surface area contributed by atoms with Crippen molar-refractivity contribution in [1.82, 2.24) is 5.32 Å². The molecule has 6 heteroatoms. The molecule has 0 atom stereocenters. The summed E-state index contributed by atoms with van der Waals surface area (Å²) in [6.45, 7) is 0.801. The van der Waals surface area contributed by atoms with E-state index in [1.807, 2.05) is 0 Å². The Morgan fingerprint density at radius 2 is 2.08 bits per heavy atom. The van der Waals surface area contributed by atoms with Gasteiger partial charge in [-0.3, -0.25) is 4.79 Å². The number of ether oxygens (including phenoxy) is 1. The highest BCUT2D eigenvalue weighted by Gasteiger charge is 2.29. The van der Waals surface area contributed by atoms with E-state index in [-0.39, 0.29) is 6.04 Å². The Hall–Kier alpha value is -0.780. The molecule has 1 heterocycles. The summed E-state index contributed by atoms with van der Waals surface area (Å²) in [5.74, 6) is -0.564. The van der Waals surface area contributed by atoms with Gasteiger partial charge in [-0.25, -0.2) is 0 Å². The van der Waals surface area contributed by atoms with Crippen LogP contribution in [0.25, 0.3) is 0 Å². The van der Waals surface area contributed by atoms with E-state index < -0.39 is 24.9 Å². The molecule has 0 aromatic carbocycles. The molecular formula is C7H10F3NO2. The van der Waals surface area contributed by atoms with E-state index in [1.165, 1.54) is 0 Å². The van der Waals surface area contributed by atoms with Crippen molar-refractivity contribution < 1.29 is 22.7 Å². The van der Waals surface area contributed by atoms with Crippen LogP contribution in [0.1, 0.15) is 12.8 Å². The lowest BCUT2D eigenvalue weighted by molar-refractivity contribution is -0.145. The molecule has 1 aliphatic rings. The van der Waals surface area contributed by atoms with E-state index in [0.29, 0.717) is 13.2 Å². The van der Waals surface area contributed by atoms with Crippen LogP contribution in [0, 0.1) is 0 Å². The van der Waals surface area contributed by atoms with E-state index in [9.17, 15) is 18.0 Å². The van der Waals surface area contributed by atoms with Crippen molar-refractivity contribution in [1.29, 1.82) is 0 Å². The molecule has 0 aliphatic carbocycles. The Kier molecular flexibility index (Phi) is 3.13. The first-order valence-electron chi connectivity index (χ1n) is 3.91. The highest BCUT2D eigenvalue weighted by atomic mass is 19.4. The zero-order valence-electron chi connectivity index (χ0n) is 6.86. The Bertz CT molecular complexity index is 189. The van der Waals surface area contributed by atoms with Gasteiger partial charge in [0.1, 0.15) is 0 Å². The van der Waals surface area contributed by atoms with Gasteiger partial charge in [-0.1, -0.05) is 0 Å². The third-order valence-corrected chi connectivity index (χ3v) is 1.64. The quantitative estimate of drug-likeness (QED) is 0.728. The number of carbonyl (C=O) groups excluding carboxylic acids is 1. The van der Waals surface area contributed by atoms with Gasteiger partial charge in [-0.15, -0.1) is 0 Å². The minimum absolute atomic E-state index is 0.0965. The average molecular weight is 197 g/mol. The summed E-state index contributed by atoms with van der Waals surface area (Å²) < 4.78 is 39.7. The molecule has 0 unspecified atom stereocenters. The van der Waals surface area contributed by atoms with Crippen molar-refractivity contribution in [2.24, 2.45) is 0 Å². The first-order chi connectivity index (χ1) is 5.97. The van der Waals surface area contributed by atoms with Crippen molar-refractivity contribution in [2.45, 2.75) is 25.1 Å². The Morgan fingerprint density at radius 1 is 1.46 bits per heavy atom. The highest BCUT2D eigenvalue weighted by Crippen LogP contribution is 2.21. The van der Waals surface area contributed by atoms with Crippen LogP contribution >= 0.6 is 0 Å². The maximum Gasteiger partial charge on any atom is 0.389 e. The molecule has 0 aromatic rings. The lowest BCUT2D eigenvalue weighted by atomic mass is 10.2. The van der Waals surface area contributed by atoms with Crippen molar-refractivity contribution in [2.75, 3.05) is 13.2 Å². The average Bonchev–Trinajstić information content (AvgIpc) is 1.91. The van der Waals surface area contributed by atoms with Gasteiger partial charge in [0.15, 0.2) is 0 Å². The van der Waals surface area contributed by atoms with Gasteiger partial charge in [0.2, 0.25) is 5.91 Å². The van der Waals surface area contributed by atoms with Gasteiger partial charge < -0.3 is 10.1 Å². The SMILES string of the molecule is O=C(CCC(F)(F)F)NC1COC1. The number of amides is 1. The van der Waals surface area contributed by atoms with Crippen LogP contribution in [0.3, 0.4) is 0 Å². The lowest BCUT2D eigenvalue weighted by Crippen LogP contribution is -2.48. The highest BCUT2D eigenvalue weighted by molar-refractivity contribution is 5.76. The van der Waals surface area contributed by atoms with E-state index in [2.05, 4.69) is 5.32 Å². The molecule has 1 saturated heterocycles. The van der Waals surface area contributed by atoms with Crippen LogP contribution in [-0.4, -0.2) is 31.3 Å². The zero-order valence-corrected chi connectivity index (χ0v) is 6.86. The summed E-state index contributed by atoms with van der Waals surface area (Å²) in [5.41, 5.74) is 0. The monoisotopic (exact) mass is 197 g/mol. The fourth-order valence-electron chi connectivity index (χ4n) is 0.874. The second kappa shape index (κ2) is 3.95. The van der Waals surface area contributed by atoms with Gasteiger partial charge in [0.25, 0.3) is 0 Å². The Labute approximate surface area is 73.2 Å². The molecule has 0 aromatic heterocycles. The third-order valence-electron chi connectivity index (χ3n) is 1.64. The molecular weight excluding hydrogens is 187 g/mol. The molecule has 1 aliphatic heterocycles. The molecule has 1 amide bonds. The van der Waals surface area contributed by atoms with E-state index >= 15 is 0 Å². The van der Waals surface area contributed by atoms with Crippen LogP contribution in [0.2, 0.25) is 0 Å². The smallest absolute Gasteiger partial charge is 0.377 e. The number of hydrogen-bond donors (Lipinski definition) is 1. The second-order valence-electron chi connectivity index (χ2n) is 2.92. The predicted octanol–water partition coefficient (Wildman–Crippen LogP) is 0.844. The molecule has 1 fully saturated rings. The zero-order chi connectivity index (χ0) is 9.90. The van der Waals surface area contributed by atoms with Crippen molar-refractivity contribution >= 4 is 5.91 Å². The van der Waals surface area contributed by atoms with Gasteiger partial charge in [-0.05, 0) is 0 Å². The number of carbonyl (C=O) groups is 1. The fourth-order valence-corrected chi connectivity index (χ4v) is 0.874. The molecule has 13 heavy (non-hydrogen) atoms. The van der Waals surface area contributed by atoms with Crippen LogP contribution < -0.4 is 5.32 Å². The standard InChI is InChI=1S/C7H10F3NO2/c8-7(9,10)2-1-6(12)11-5-3-13-4-5/h5H,1-4H2,(H,11,12). The summed E-state index contributed by atoms with van der Waals surface area (Å²) in [6, 6.07) is -0.0965. The Morgan fingerprint density at radius 3 is 2.46 bits per heavy atom. The predicted molar refractivity (Wildman–Crippen MR) is 38.0 cm³/mol. The molecule has 1 rings (SSSR count). The summed E-state index contributed by atoms with van der Waals surface area (Å²) in [7, 11) is 0. The largest absolute Gasteiger partial charge is 0.389 e. The topological polar surface area (TPSA) is 38.3 Å². The first kappa shape index (κ1) is 10.3. The van der Waals surface area contributed by atoms with Crippen molar-refractivity contribution in [3.05, 3.63) is 0 Å². The Balaban J connectivity index is 2.10. The van der Waals surface area contributed by atoms with Crippen LogP contribution in [-0.2, 0) is 9.53 Å². The molecule has 0 saturated carbocycles. The second-order valence-corrected chi connectivity index (χ2v) is 2.92. The maximum absolute atomic E-state index is 11.6. The van der Waals surface area contributed by atoms with Crippen molar-refractivity contribution in [3.8, 4) is 0 Å². The number of nitrogens with one attached hydrogen (secondary N) is 1. The number of halogens is 3. The summed E-state index contributed by atoms with van der Waals surface area (Å²) in [6.07, 6.45) is -5.82. The number of hydrogen-bond acceptors (Lipinski definition) is 2. The van der Waals surface area contributed by atoms with Crippen molar-refractivity contribution in [3.63, 3.8) is 0 Å². The van der Waals surface area contributed by atoms with Crippen LogP contribution in [0.15, 0.2) is 0 Å². The van der Waals surface area contributed by atoms with Crippen LogP contribution in [0.5, 0.6) is 0 Å². The van der Waals surface area contributed by atoms with E-state index in [4.69, 9.17) is 4.74 Å². The minimum atomic E-state index is -4.26. The van der Waals surface area contributed by atoms with Gasteiger partial charge in [-0.2, -0.15) is 13.2 Å². The number of rotatable bonds is 3. The van der Waals surface area contributed by atoms with Gasteiger partial charge in [0.05, 0.1) is 25.7 Å². The summed E-state index contributed by atoms with van der Waals surface area (Å²) in [5, 5.41) is 2.42. The molecule has 3 nitrogen and oxygen atoms in total. The summed E-state index contributed by atoms with van der Waals surface area (Å²) >= 11 is 0. The molecule has 0 bridgehead atoms.